The largest absolute Gasteiger partial charge is 0.394 e. The van der Waals surface area contributed by atoms with Crippen molar-refractivity contribution in [2.45, 2.75) is 62.7 Å². The van der Waals surface area contributed by atoms with Crippen molar-refractivity contribution in [3.63, 3.8) is 0 Å². The minimum atomic E-state index is -1.51. The Morgan fingerprint density at radius 2 is 0.739 bits per heavy atom. The molecule has 23 heavy (non-hydrogen) atoms. The summed E-state index contributed by atoms with van der Waals surface area (Å²) in [5.74, 6) is 0. The molecule has 0 amide bonds. The summed E-state index contributed by atoms with van der Waals surface area (Å²) < 4.78 is 0. The zero-order valence-electron chi connectivity index (χ0n) is 12.9. The van der Waals surface area contributed by atoms with Crippen molar-refractivity contribution < 1.29 is 51.1 Å². The molecule has 0 fully saturated rings. The van der Waals surface area contributed by atoms with E-state index in [1.54, 1.807) is 0 Å². The summed E-state index contributed by atoms with van der Waals surface area (Å²) in [5, 5.41) is 87.4. The number of rotatable bonds is 8. The first-order valence-corrected chi connectivity index (χ1v) is 6.67. The van der Waals surface area contributed by atoms with Gasteiger partial charge in [-0.15, -0.1) is 12.4 Å². The van der Waals surface area contributed by atoms with Crippen molar-refractivity contribution in [2.24, 2.45) is 0 Å². The van der Waals surface area contributed by atoms with Gasteiger partial charge in [0.2, 0.25) is 0 Å². The van der Waals surface area contributed by atoms with E-state index in [0.29, 0.717) is 0 Å². The van der Waals surface area contributed by atoms with E-state index in [1.807, 2.05) is 0 Å². The van der Waals surface area contributed by atoms with Gasteiger partial charge in [-0.1, -0.05) is 0 Å². The highest BCUT2D eigenvalue weighted by atomic mass is 35.5. The van der Waals surface area contributed by atoms with Gasteiger partial charge in [0, 0.05) is 0 Å². The van der Waals surface area contributed by atoms with Gasteiger partial charge in [-0.05, 0) is 13.8 Å². The third-order valence-electron chi connectivity index (χ3n) is 2.85. The molecule has 0 aromatic carbocycles. The van der Waals surface area contributed by atoms with Crippen LogP contribution in [0.3, 0.4) is 0 Å². The van der Waals surface area contributed by atoms with Crippen LogP contribution >= 0.6 is 12.4 Å². The highest BCUT2D eigenvalue weighted by Crippen LogP contribution is 2.04. The predicted molar refractivity (Wildman–Crippen MR) is 80.8 cm³/mol. The topological polar surface area (TPSA) is 202 Å². The maximum atomic E-state index is 8.94. The molecule has 0 aliphatic rings. The van der Waals surface area contributed by atoms with Crippen LogP contribution in [-0.2, 0) is 0 Å². The van der Waals surface area contributed by atoms with Crippen molar-refractivity contribution in [3.8, 4) is 0 Å². The lowest BCUT2D eigenvalue weighted by Gasteiger charge is -2.23. The van der Waals surface area contributed by atoms with Crippen molar-refractivity contribution in [1.29, 1.82) is 0 Å². The summed E-state index contributed by atoms with van der Waals surface area (Å²) in [5.41, 5.74) is 0. The first-order valence-electron chi connectivity index (χ1n) is 6.67. The monoisotopic (exact) mass is 368 g/mol. The van der Waals surface area contributed by atoms with Gasteiger partial charge < -0.3 is 51.1 Å². The van der Waals surface area contributed by atoms with E-state index in [0.717, 1.165) is 0 Å². The second kappa shape index (κ2) is 14.3. The van der Waals surface area contributed by atoms with Crippen molar-refractivity contribution in [3.05, 3.63) is 0 Å². The number of hydrogen-bond acceptors (Lipinski definition) is 10. The average molecular weight is 369 g/mol. The van der Waals surface area contributed by atoms with Gasteiger partial charge in [-0.25, -0.2) is 0 Å². The Bertz CT molecular complexity index is 242. The van der Waals surface area contributed by atoms with E-state index in [9.17, 15) is 0 Å². The van der Waals surface area contributed by atoms with Gasteiger partial charge in [0.15, 0.2) is 0 Å². The second-order valence-electron chi connectivity index (χ2n) is 4.94. The van der Waals surface area contributed by atoms with Crippen LogP contribution in [0.1, 0.15) is 13.8 Å². The zero-order chi connectivity index (χ0) is 18.0. The van der Waals surface area contributed by atoms with Crippen molar-refractivity contribution in [1.82, 2.24) is 0 Å². The van der Waals surface area contributed by atoms with Crippen LogP contribution in [-0.4, -0.2) is 113 Å². The van der Waals surface area contributed by atoms with Crippen molar-refractivity contribution >= 4 is 12.4 Å². The Hall–Kier alpha value is -0.110. The Kier molecular flexibility index (Phi) is 17.2. The fourth-order valence-electron chi connectivity index (χ4n) is 1.24. The summed E-state index contributed by atoms with van der Waals surface area (Å²) in [6, 6.07) is 0. The SMILES string of the molecule is CC(O)C(O)C(O)C(O)CO.CC(O)C(O)C(O)C(O)CO.Cl. The number of aliphatic hydroxyl groups is 10. The predicted octanol–water partition coefficient (Wildman–Crippen LogP) is -4.69. The summed E-state index contributed by atoms with van der Waals surface area (Å²) >= 11 is 0. The van der Waals surface area contributed by atoms with Gasteiger partial charge in [0.1, 0.15) is 36.6 Å². The molecule has 0 aromatic heterocycles. The van der Waals surface area contributed by atoms with Gasteiger partial charge in [0.25, 0.3) is 0 Å². The lowest BCUT2D eigenvalue weighted by Crippen LogP contribution is -2.44. The number of halogens is 1. The molecule has 144 valence electrons. The Morgan fingerprint density at radius 1 is 0.522 bits per heavy atom. The molecule has 0 aromatic rings. The smallest absolute Gasteiger partial charge is 0.110 e. The molecule has 0 rings (SSSR count). The molecule has 0 saturated heterocycles. The molecule has 10 nitrogen and oxygen atoms in total. The van der Waals surface area contributed by atoms with E-state index < -0.39 is 62.0 Å². The number of hydrogen-bond donors (Lipinski definition) is 10. The molecule has 0 spiro atoms. The van der Waals surface area contributed by atoms with Crippen LogP contribution in [0.25, 0.3) is 0 Å². The van der Waals surface area contributed by atoms with Crippen LogP contribution in [0, 0.1) is 0 Å². The molecule has 0 aliphatic heterocycles. The normalized spacial score (nSPS) is 21.4. The third kappa shape index (κ3) is 11.1. The lowest BCUT2D eigenvalue weighted by molar-refractivity contribution is -0.110. The second-order valence-corrected chi connectivity index (χ2v) is 4.94. The summed E-state index contributed by atoms with van der Waals surface area (Å²) in [4.78, 5) is 0. The van der Waals surface area contributed by atoms with Crippen LogP contribution in [0.15, 0.2) is 0 Å². The molecule has 11 heteroatoms. The Labute approximate surface area is 140 Å². The molecule has 0 radical (unpaired) electrons. The zero-order valence-corrected chi connectivity index (χ0v) is 13.7. The van der Waals surface area contributed by atoms with Crippen LogP contribution in [0.5, 0.6) is 0 Å². The van der Waals surface area contributed by atoms with Gasteiger partial charge >= 0.3 is 0 Å². The molecule has 0 saturated carbocycles. The first kappa shape index (κ1) is 27.7. The molecular weight excluding hydrogens is 340 g/mol. The standard InChI is InChI=1S/2C6H14O5.ClH/c2*1-3(8)5(10)6(11)4(9)2-7;/h2*3-11H,2H2,1H3;1H. The molecule has 0 heterocycles. The van der Waals surface area contributed by atoms with Gasteiger partial charge in [0.05, 0.1) is 25.4 Å². The van der Waals surface area contributed by atoms with E-state index in [2.05, 4.69) is 0 Å². The first-order chi connectivity index (χ1) is 10.0. The van der Waals surface area contributed by atoms with Crippen LogP contribution in [0.2, 0.25) is 0 Å². The van der Waals surface area contributed by atoms with Crippen LogP contribution < -0.4 is 0 Å². The fraction of sp³-hybridized carbons (Fsp3) is 1.00. The molecule has 0 aliphatic carbocycles. The van der Waals surface area contributed by atoms with Gasteiger partial charge in [-0.3, -0.25) is 0 Å². The highest BCUT2D eigenvalue weighted by molar-refractivity contribution is 5.85. The van der Waals surface area contributed by atoms with E-state index in [-0.39, 0.29) is 12.4 Å². The van der Waals surface area contributed by atoms with E-state index in [4.69, 9.17) is 51.1 Å². The molecule has 8 atom stereocenters. The Morgan fingerprint density at radius 3 is 0.870 bits per heavy atom. The average Bonchev–Trinajstić information content (AvgIpc) is 2.50. The van der Waals surface area contributed by atoms with E-state index >= 15 is 0 Å². The highest BCUT2D eigenvalue weighted by Gasteiger charge is 2.27. The summed E-state index contributed by atoms with van der Waals surface area (Å²) in [6.07, 6.45) is -11.0. The fourth-order valence-corrected chi connectivity index (χ4v) is 1.24. The minimum Gasteiger partial charge on any atom is -0.394 e. The molecule has 8 unspecified atom stereocenters. The minimum absolute atomic E-state index is 0. The Balaban J connectivity index is -0.000000333. The maximum absolute atomic E-state index is 8.94. The van der Waals surface area contributed by atoms with Crippen molar-refractivity contribution in [2.75, 3.05) is 13.2 Å². The summed E-state index contributed by atoms with van der Waals surface area (Å²) in [6.45, 7) is 1.26. The number of aliphatic hydroxyl groups excluding tert-OH is 10. The molecular formula is C12H29ClO10. The van der Waals surface area contributed by atoms with E-state index in [1.165, 1.54) is 13.8 Å². The van der Waals surface area contributed by atoms with Gasteiger partial charge in [-0.2, -0.15) is 0 Å². The molecule has 0 bridgehead atoms. The quantitative estimate of drug-likeness (QED) is 0.198. The maximum Gasteiger partial charge on any atom is 0.110 e. The third-order valence-corrected chi connectivity index (χ3v) is 2.85. The summed E-state index contributed by atoms with van der Waals surface area (Å²) in [7, 11) is 0. The van der Waals surface area contributed by atoms with Crippen LogP contribution in [0.4, 0.5) is 0 Å². The lowest BCUT2D eigenvalue weighted by atomic mass is 10.1. The molecule has 10 N–H and O–H groups in total.